The Bertz CT molecular complexity index is 1020. The number of carbonyl (C=O) groups is 5. The lowest BCUT2D eigenvalue weighted by Gasteiger charge is -2.38. The molecular weight excluding hydrogens is 566 g/mol. The summed E-state index contributed by atoms with van der Waals surface area (Å²) in [6.07, 6.45) is 1.52. The average molecular weight is 612 g/mol. The van der Waals surface area contributed by atoms with Gasteiger partial charge in [0.1, 0.15) is 18.3 Å². The standard InChI is InChI=1S/C29H45N3O11/c1-17-24(37)25(38)26(39)29(43-17)42-16-4-2-3-9-20(33)30-13-14-31-21(34)12-11-18-7-5-8-19-23(18)28(41)32(27(19)40)15-6-10-22(35)36/h5,7,17-19,23-26,29,37-39H,2-4,6,8-16H2,1H3,(H,30,33)(H,31,34)(H,35,36)/t17-,18?,19?,23?,24-,25+,26+,29+/m0/s1. The second-order valence-corrected chi connectivity index (χ2v) is 11.4. The van der Waals surface area contributed by atoms with Gasteiger partial charge in [0, 0.05) is 45.5 Å². The molecule has 242 valence electrons. The molecule has 0 spiro atoms. The number of imide groups is 1. The van der Waals surface area contributed by atoms with E-state index in [-0.39, 0.29) is 75.1 Å². The summed E-state index contributed by atoms with van der Waals surface area (Å²) in [5.74, 6) is -3.16. The third-order valence-electron chi connectivity index (χ3n) is 8.19. The number of carboxylic acid groups (broad SMARTS) is 1. The van der Waals surface area contributed by atoms with Crippen molar-refractivity contribution in [2.75, 3.05) is 26.2 Å². The van der Waals surface area contributed by atoms with Crippen molar-refractivity contribution in [2.24, 2.45) is 17.8 Å². The van der Waals surface area contributed by atoms with E-state index in [1.54, 1.807) is 6.92 Å². The number of nitrogens with zero attached hydrogens (tertiary/aromatic N) is 1. The fourth-order valence-electron chi connectivity index (χ4n) is 5.74. The molecular formula is C29H45N3O11. The number of ether oxygens (including phenoxy) is 2. The number of unbranched alkanes of at least 4 members (excludes halogenated alkanes) is 2. The van der Waals surface area contributed by atoms with Crippen molar-refractivity contribution >= 4 is 29.6 Å². The Morgan fingerprint density at radius 2 is 1.63 bits per heavy atom. The molecule has 14 nitrogen and oxygen atoms in total. The number of amides is 4. The second-order valence-electron chi connectivity index (χ2n) is 11.4. The zero-order valence-electron chi connectivity index (χ0n) is 24.6. The van der Waals surface area contributed by atoms with Crippen LogP contribution in [-0.2, 0) is 33.4 Å². The van der Waals surface area contributed by atoms with E-state index in [1.807, 2.05) is 12.2 Å². The number of aliphatic carboxylic acids is 1. The van der Waals surface area contributed by atoms with E-state index in [2.05, 4.69) is 10.6 Å². The molecule has 2 heterocycles. The molecule has 6 N–H and O–H groups in total. The van der Waals surface area contributed by atoms with Crippen molar-refractivity contribution in [3.63, 3.8) is 0 Å². The largest absolute Gasteiger partial charge is 0.481 e. The summed E-state index contributed by atoms with van der Waals surface area (Å²) in [7, 11) is 0. The van der Waals surface area contributed by atoms with Crippen LogP contribution >= 0.6 is 0 Å². The average Bonchev–Trinajstić information content (AvgIpc) is 3.22. The van der Waals surface area contributed by atoms with Crippen LogP contribution in [0.1, 0.15) is 64.7 Å². The Morgan fingerprint density at radius 1 is 0.930 bits per heavy atom. The number of hydrogen-bond donors (Lipinski definition) is 6. The summed E-state index contributed by atoms with van der Waals surface area (Å²) in [5.41, 5.74) is 0. The van der Waals surface area contributed by atoms with Crippen LogP contribution in [0.3, 0.4) is 0 Å². The van der Waals surface area contributed by atoms with Gasteiger partial charge < -0.3 is 40.5 Å². The molecule has 14 heteroatoms. The molecule has 2 fully saturated rings. The normalized spacial score (nSPS) is 30.3. The maximum Gasteiger partial charge on any atom is 0.303 e. The Labute approximate surface area is 250 Å². The molecule has 4 amide bonds. The highest BCUT2D eigenvalue weighted by Crippen LogP contribution is 2.40. The summed E-state index contributed by atoms with van der Waals surface area (Å²) >= 11 is 0. The number of likely N-dealkylation sites (tertiary alicyclic amines) is 1. The van der Waals surface area contributed by atoms with Crippen LogP contribution in [0.25, 0.3) is 0 Å². The van der Waals surface area contributed by atoms with E-state index in [4.69, 9.17) is 14.6 Å². The van der Waals surface area contributed by atoms with E-state index < -0.39 is 48.5 Å². The number of nitrogens with one attached hydrogen (secondary N) is 2. The predicted octanol–water partition coefficient (Wildman–Crippen LogP) is -0.554. The molecule has 0 radical (unpaired) electrons. The Hall–Kier alpha value is -2.91. The van der Waals surface area contributed by atoms with E-state index in [1.165, 1.54) is 4.90 Å². The molecule has 0 aromatic rings. The molecule has 2 saturated heterocycles. The lowest BCUT2D eigenvalue weighted by Crippen LogP contribution is -2.57. The minimum atomic E-state index is -1.34. The highest BCUT2D eigenvalue weighted by Gasteiger charge is 2.50. The van der Waals surface area contributed by atoms with E-state index in [0.717, 1.165) is 0 Å². The van der Waals surface area contributed by atoms with Crippen LogP contribution in [0.15, 0.2) is 12.2 Å². The first-order valence-electron chi connectivity index (χ1n) is 15.1. The number of carbonyl (C=O) groups excluding carboxylic acids is 4. The van der Waals surface area contributed by atoms with Crippen molar-refractivity contribution in [3.8, 4) is 0 Å². The minimum Gasteiger partial charge on any atom is -0.481 e. The molecule has 2 aliphatic heterocycles. The number of hydrogen-bond acceptors (Lipinski definition) is 10. The van der Waals surface area contributed by atoms with Gasteiger partial charge >= 0.3 is 5.97 Å². The molecule has 3 aliphatic rings. The first-order valence-corrected chi connectivity index (χ1v) is 15.1. The van der Waals surface area contributed by atoms with Crippen LogP contribution in [-0.4, -0.2) is 112 Å². The second kappa shape index (κ2) is 16.8. The molecule has 3 unspecified atom stereocenters. The zero-order chi connectivity index (χ0) is 31.5. The van der Waals surface area contributed by atoms with E-state index in [9.17, 15) is 39.3 Å². The third-order valence-corrected chi connectivity index (χ3v) is 8.19. The molecule has 0 aromatic heterocycles. The Kier molecular flexibility index (Phi) is 13.5. The maximum atomic E-state index is 12.9. The van der Waals surface area contributed by atoms with Crippen LogP contribution in [0.4, 0.5) is 0 Å². The van der Waals surface area contributed by atoms with Gasteiger partial charge in [0.05, 0.1) is 17.9 Å². The number of aliphatic hydroxyl groups is 3. The summed E-state index contributed by atoms with van der Waals surface area (Å²) in [4.78, 5) is 62.1. The highest BCUT2D eigenvalue weighted by atomic mass is 16.7. The van der Waals surface area contributed by atoms with Gasteiger partial charge in [0.25, 0.3) is 0 Å². The predicted molar refractivity (Wildman–Crippen MR) is 150 cm³/mol. The molecule has 0 bridgehead atoms. The molecule has 43 heavy (non-hydrogen) atoms. The molecule has 0 saturated carbocycles. The van der Waals surface area contributed by atoms with Gasteiger partial charge in [-0.15, -0.1) is 0 Å². The van der Waals surface area contributed by atoms with Crippen LogP contribution in [0, 0.1) is 17.8 Å². The first kappa shape index (κ1) is 34.6. The summed E-state index contributed by atoms with van der Waals surface area (Å²) < 4.78 is 10.8. The van der Waals surface area contributed by atoms with E-state index in [0.29, 0.717) is 38.5 Å². The van der Waals surface area contributed by atoms with Crippen molar-refractivity contribution in [3.05, 3.63) is 12.2 Å². The third kappa shape index (κ3) is 9.80. The molecule has 0 aromatic carbocycles. The summed E-state index contributed by atoms with van der Waals surface area (Å²) in [5, 5.41) is 43.8. The quantitative estimate of drug-likeness (QED) is 0.0697. The SMILES string of the molecule is C[C@@H]1O[C@@H](OCCCCCC(=O)NCCNC(=O)CCC2C=CCC3C(=O)N(CCCC(=O)O)C(=O)C23)[C@H](O)[C@H](O)[C@H]1O. The van der Waals surface area contributed by atoms with Crippen molar-refractivity contribution in [2.45, 2.75) is 95.4 Å². The van der Waals surface area contributed by atoms with E-state index >= 15 is 0 Å². The first-order chi connectivity index (χ1) is 20.5. The number of allylic oxidation sites excluding steroid dienone is 2. The Morgan fingerprint density at radius 3 is 2.33 bits per heavy atom. The van der Waals surface area contributed by atoms with Gasteiger partial charge in [-0.05, 0) is 44.9 Å². The smallest absolute Gasteiger partial charge is 0.303 e. The lowest BCUT2D eigenvalue weighted by atomic mass is 9.75. The number of aliphatic hydroxyl groups excluding tert-OH is 3. The van der Waals surface area contributed by atoms with Crippen molar-refractivity contribution in [1.29, 1.82) is 0 Å². The lowest BCUT2D eigenvalue weighted by molar-refractivity contribution is -0.293. The van der Waals surface area contributed by atoms with Crippen molar-refractivity contribution in [1.82, 2.24) is 15.5 Å². The van der Waals surface area contributed by atoms with Gasteiger partial charge in [-0.25, -0.2) is 0 Å². The Balaban J connectivity index is 1.24. The van der Waals surface area contributed by atoms with Crippen molar-refractivity contribution < 1.29 is 53.9 Å². The number of rotatable bonds is 17. The van der Waals surface area contributed by atoms with Gasteiger partial charge in [-0.1, -0.05) is 18.6 Å². The monoisotopic (exact) mass is 611 g/mol. The molecule has 3 rings (SSSR count). The van der Waals surface area contributed by atoms with Crippen LogP contribution in [0.5, 0.6) is 0 Å². The minimum absolute atomic E-state index is 0.0861. The zero-order valence-corrected chi connectivity index (χ0v) is 24.6. The van der Waals surface area contributed by atoms with Gasteiger partial charge in [-0.3, -0.25) is 28.9 Å². The van der Waals surface area contributed by atoms with Crippen LogP contribution in [0.2, 0.25) is 0 Å². The van der Waals surface area contributed by atoms with Gasteiger partial charge in [0.15, 0.2) is 6.29 Å². The number of carboxylic acids is 1. The molecule has 8 atom stereocenters. The fraction of sp³-hybridized carbons (Fsp3) is 0.759. The van der Waals surface area contributed by atoms with Gasteiger partial charge in [-0.2, -0.15) is 0 Å². The number of fused-ring (bicyclic) bond motifs is 1. The fourth-order valence-corrected chi connectivity index (χ4v) is 5.74. The molecule has 1 aliphatic carbocycles. The van der Waals surface area contributed by atoms with Gasteiger partial charge in [0.2, 0.25) is 23.6 Å². The summed E-state index contributed by atoms with van der Waals surface area (Å²) in [6.45, 7) is 2.45. The highest BCUT2D eigenvalue weighted by molar-refractivity contribution is 6.05. The maximum absolute atomic E-state index is 12.9. The summed E-state index contributed by atoms with van der Waals surface area (Å²) in [6, 6.07) is 0. The van der Waals surface area contributed by atoms with Crippen LogP contribution < -0.4 is 10.6 Å². The topological polar surface area (TPSA) is 212 Å².